The lowest BCUT2D eigenvalue weighted by Gasteiger charge is -2.24. The number of benzene rings is 3. The summed E-state index contributed by atoms with van der Waals surface area (Å²) >= 11 is 0. The molecule has 2 heterocycles. The minimum atomic E-state index is -4.51. The van der Waals surface area contributed by atoms with Crippen LogP contribution in [-0.4, -0.2) is 24.0 Å². The largest absolute Gasteiger partial charge is 0.506 e. The fourth-order valence-corrected chi connectivity index (χ4v) is 5.71. The van der Waals surface area contributed by atoms with E-state index in [1.165, 1.54) is 42.5 Å². The highest BCUT2D eigenvalue weighted by Crippen LogP contribution is 2.40. The van der Waals surface area contributed by atoms with Crippen molar-refractivity contribution in [3.05, 3.63) is 105 Å². The lowest BCUT2D eigenvalue weighted by Crippen LogP contribution is -2.32. The number of rotatable bonds is 4. The SMILES string of the molecule is NC(=O)C1=C(c2c(O)c3cc(F)ccc3n(Cc3ccc(F)cc3)c2=O)Nc2cc[c]cc2S1(=O)=O. The second-order valence-corrected chi connectivity index (χ2v) is 9.88. The molecule has 0 saturated heterocycles. The molecule has 4 N–H and O–H groups in total. The Bertz CT molecular complexity index is 1780. The van der Waals surface area contributed by atoms with Gasteiger partial charge in [-0.3, -0.25) is 9.59 Å². The molecule has 1 aromatic heterocycles. The third-order valence-corrected chi connectivity index (χ3v) is 7.66. The van der Waals surface area contributed by atoms with Gasteiger partial charge in [0.2, 0.25) is 9.84 Å². The molecule has 3 aromatic carbocycles. The van der Waals surface area contributed by atoms with Crippen molar-refractivity contribution < 1.29 is 27.1 Å². The van der Waals surface area contributed by atoms with Gasteiger partial charge in [-0.2, -0.15) is 0 Å². The minimum absolute atomic E-state index is 0.0250. The molecule has 11 heteroatoms. The van der Waals surface area contributed by atoms with Crippen molar-refractivity contribution in [1.29, 1.82) is 0 Å². The molecule has 0 fully saturated rings. The normalized spacial score (nSPS) is 14.4. The number of pyridine rings is 1. The number of primary amides is 1. The zero-order valence-electron chi connectivity index (χ0n) is 18.2. The summed E-state index contributed by atoms with van der Waals surface area (Å²) < 4.78 is 55.3. The molecule has 5 rings (SSSR count). The van der Waals surface area contributed by atoms with Crippen LogP contribution in [0.1, 0.15) is 11.1 Å². The molecule has 1 radical (unpaired) electrons. The number of nitrogens with one attached hydrogen (secondary N) is 1. The molecule has 0 aliphatic carbocycles. The molecule has 1 aliphatic rings. The summed E-state index contributed by atoms with van der Waals surface area (Å²) in [5.74, 6) is -3.33. The molecule has 181 valence electrons. The van der Waals surface area contributed by atoms with Crippen molar-refractivity contribution in [1.82, 2.24) is 4.57 Å². The molecule has 1 aliphatic heterocycles. The third-order valence-electron chi connectivity index (χ3n) is 5.80. The van der Waals surface area contributed by atoms with E-state index in [-0.39, 0.29) is 28.0 Å². The molecule has 1 amide bonds. The van der Waals surface area contributed by atoms with Gasteiger partial charge in [0.1, 0.15) is 22.9 Å². The summed E-state index contributed by atoms with van der Waals surface area (Å²) in [4.78, 5) is 24.9. The summed E-state index contributed by atoms with van der Waals surface area (Å²) in [7, 11) is -4.51. The van der Waals surface area contributed by atoms with E-state index in [0.29, 0.717) is 5.56 Å². The van der Waals surface area contributed by atoms with E-state index < -0.39 is 54.9 Å². The number of aromatic nitrogens is 1. The maximum absolute atomic E-state index is 14.2. The second kappa shape index (κ2) is 8.31. The monoisotopic (exact) mass is 508 g/mol. The van der Waals surface area contributed by atoms with E-state index in [4.69, 9.17) is 5.73 Å². The van der Waals surface area contributed by atoms with Gasteiger partial charge in [0.05, 0.1) is 28.3 Å². The van der Waals surface area contributed by atoms with Crippen LogP contribution >= 0.6 is 0 Å². The number of carbonyl (C=O) groups excluding carboxylic acids is 1. The van der Waals surface area contributed by atoms with Crippen LogP contribution in [0.2, 0.25) is 0 Å². The molecule has 0 atom stereocenters. The van der Waals surface area contributed by atoms with Crippen molar-refractivity contribution in [3.63, 3.8) is 0 Å². The van der Waals surface area contributed by atoms with E-state index in [1.54, 1.807) is 0 Å². The van der Waals surface area contributed by atoms with Gasteiger partial charge in [0.25, 0.3) is 11.5 Å². The Balaban J connectivity index is 1.87. The Morgan fingerprint density at radius 1 is 1.08 bits per heavy atom. The summed E-state index contributed by atoms with van der Waals surface area (Å²) in [6, 6.07) is 15.1. The number of aromatic hydroxyl groups is 1. The first kappa shape index (κ1) is 23.2. The zero-order chi connectivity index (χ0) is 25.8. The number of nitrogens with zero attached hydrogens (tertiary/aromatic N) is 1. The van der Waals surface area contributed by atoms with Crippen LogP contribution < -0.4 is 16.6 Å². The van der Waals surface area contributed by atoms with Gasteiger partial charge in [0, 0.05) is 5.39 Å². The van der Waals surface area contributed by atoms with E-state index in [0.717, 1.165) is 22.8 Å². The van der Waals surface area contributed by atoms with Crippen molar-refractivity contribution in [2.75, 3.05) is 5.32 Å². The first-order chi connectivity index (χ1) is 17.1. The number of sulfone groups is 1. The Morgan fingerprint density at radius 2 is 1.78 bits per heavy atom. The van der Waals surface area contributed by atoms with Gasteiger partial charge in [-0.05, 0) is 54.1 Å². The lowest BCUT2D eigenvalue weighted by atomic mass is 10.1. The van der Waals surface area contributed by atoms with Gasteiger partial charge in [0.15, 0.2) is 4.91 Å². The van der Waals surface area contributed by atoms with Crippen LogP contribution in [0, 0.1) is 17.7 Å². The average Bonchev–Trinajstić information content (AvgIpc) is 2.82. The molecule has 8 nitrogen and oxygen atoms in total. The first-order valence-electron chi connectivity index (χ1n) is 10.5. The predicted octanol–water partition coefficient (Wildman–Crippen LogP) is 2.89. The smallest absolute Gasteiger partial charge is 0.264 e. The van der Waals surface area contributed by atoms with Crippen molar-refractivity contribution in [2.45, 2.75) is 11.4 Å². The van der Waals surface area contributed by atoms with Gasteiger partial charge in [-0.15, -0.1) is 0 Å². The Kier molecular flexibility index (Phi) is 5.36. The van der Waals surface area contributed by atoms with Crippen LogP contribution in [0.5, 0.6) is 5.75 Å². The summed E-state index contributed by atoms with van der Waals surface area (Å²) in [6.45, 7) is -0.133. The number of anilines is 1. The number of halogens is 2. The maximum Gasteiger partial charge on any atom is 0.264 e. The van der Waals surface area contributed by atoms with E-state index in [9.17, 15) is 31.9 Å². The fraction of sp³-hybridized carbons (Fsp3) is 0.0400. The number of amides is 1. The molecule has 4 aromatic rings. The van der Waals surface area contributed by atoms with E-state index >= 15 is 0 Å². The summed E-state index contributed by atoms with van der Waals surface area (Å²) in [5.41, 5.74) is 4.05. The molecule has 0 saturated carbocycles. The van der Waals surface area contributed by atoms with Gasteiger partial charge < -0.3 is 20.7 Å². The second-order valence-electron chi connectivity index (χ2n) is 8.02. The highest BCUT2D eigenvalue weighted by atomic mass is 32.2. The molecule has 36 heavy (non-hydrogen) atoms. The lowest BCUT2D eigenvalue weighted by molar-refractivity contribution is -0.113. The number of nitrogens with two attached hydrogens (primary N) is 1. The highest BCUT2D eigenvalue weighted by molar-refractivity contribution is 7.96. The fourth-order valence-electron chi connectivity index (χ4n) is 4.18. The highest BCUT2D eigenvalue weighted by Gasteiger charge is 2.38. The van der Waals surface area contributed by atoms with Crippen LogP contribution in [0.25, 0.3) is 16.6 Å². The van der Waals surface area contributed by atoms with Crippen molar-refractivity contribution in [2.24, 2.45) is 5.73 Å². The quantitative estimate of drug-likeness (QED) is 0.389. The van der Waals surface area contributed by atoms with Crippen LogP contribution in [-0.2, 0) is 21.2 Å². The number of hydrogen-bond donors (Lipinski definition) is 3. The Labute approximate surface area is 202 Å². The molecular weight excluding hydrogens is 492 g/mol. The Morgan fingerprint density at radius 3 is 2.47 bits per heavy atom. The number of fused-ring (bicyclic) bond motifs is 2. The standard InChI is InChI=1S/C25H16F2N3O5S/c26-14-7-5-13(6-8-14)12-30-18-10-9-15(27)11-16(18)22(31)20(25(30)33)21-23(24(28)32)36(34,35)19-4-2-1-3-17(19)29-21/h1,3-11,29,31H,12H2,(H2,28,32). The predicted molar refractivity (Wildman–Crippen MR) is 128 cm³/mol. The van der Waals surface area contributed by atoms with Gasteiger partial charge in [-0.25, -0.2) is 17.2 Å². The molecule has 0 spiro atoms. The number of carbonyl (C=O) groups is 1. The molecule has 0 bridgehead atoms. The van der Waals surface area contributed by atoms with Crippen LogP contribution in [0.15, 0.2) is 75.3 Å². The first-order valence-corrected chi connectivity index (χ1v) is 11.9. The average molecular weight is 508 g/mol. The summed E-state index contributed by atoms with van der Waals surface area (Å²) in [5, 5.41) is 13.7. The minimum Gasteiger partial charge on any atom is -0.506 e. The number of hydrogen-bond acceptors (Lipinski definition) is 6. The maximum atomic E-state index is 14.2. The van der Waals surface area contributed by atoms with Crippen molar-refractivity contribution in [3.8, 4) is 5.75 Å². The van der Waals surface area contributed by atoms with Crippen LogP contribution in [0.3, 0.4) is 0 Å². The topological polar surface area (TPSA) is 131 Å². The Hall–Kier alpha value is -4.51. The van der Waals surface area contributed by atoms with Gasteiger partial charge in [-0.1, -0.05) is 18.2 Å². The summed E-state index contributed by atoms with van der Waals surface area (Å²) in [6.07, 6.45) is 0. The van der Waals surface area contributed by atoms with Gasteiger partial charge >= 0.3 is 0 Å². The molecule has 0 unspecified atom stereocenters. The zero-order valence-corrected chi connectivity index (χ0v) is 19.1. The van der Waals surface area contributed by atoms with Crippen molar-refractivity contribution >= 4 is 38.0 Å². The van der Waals surface area contributed by atoms with E-state index in [2.05, 4.69) is 11.4 Å². The van der Waals surface area contributed by atoms with Crippen LogP contribution in [0.4, 0.5) is 14.5 Å². The van der Waals surface area contributed by atoms with E-state index in [1.807, 2.05) is 0 Å². The molecular formula is C25H16F2N3O5S. The third kappa shape index (κ3) is 3.60.